The number of hydrogen-bond acceptors (Lipinski definition) is 2. The van der Waals surface area contributed by atoms with Crippen molar-refractivity contribution in [1.82, 2.24) is 5.32 Å². The molecule has 0 saturated heterocycles. The fraction of sp³-hybridized carbons (Fsp3) is 0.625. The van der Waals surface area contributed by atoms with Crippen molar-refractivity contribution in [2.24, 2.45) is 5.92 Å². The maximum atomic E-state index is 12.1. The van der Waals surface area contributed by atoms with Gasteiger partial charge in [-0.2, -0.15) is 0 Å². The van der Waals surface area contributed by atoms with Crippen LogP contribution in [-0.4, -0.2) is 19.5 Å². The van der Waals surface area contributed by atoms with E-state index in [0.717, 1.165) is 24.3 Å². The summed E-state index contributed by atoms with van der Waals surface area (Å²) < 4.78 is 40.1. The summed E-state index contributed by atoms with van der Waals surface area (Å²) in [7, 11) is 1.99. The zero-order chi connectivity index (χ0) is 15.3. The molecule has 21 heavy (non-hydrogen) atoms. The minimum absolute atomic E-state index is 0.160. The number of benzene rings is 1. The Hall–Kier alpha value is -1.23. The van der Waals surface area contributed by atoms with E-state index < -0.39 is 6.36 Å². The molecule has 2 rings (SSSR count). The molecule has 1 aliphatic carbocycles. The zero-order valence-electron chi connectivity index (χ0n) is 12.2. The van der Waals surface area contributed by atoms with Gasteiger partial charge in [0, 0.05) is 6.04 Å². The summed E-state index contributed by atoms with van der Waals surface area (Å²) in [6.45, 7) is 0. The van der Waals surface area contributed by atoms with Gasteiger partial charge >= 0.3 is 6.36 Å². The molecule has 1 N–H and O–H groups in total. The van der Waals surface area contributed by atoms with Crippen molar-refractivity contribution in [3.8, 4) is 5.75 Å². The highest BCUT2D eigenvalue weighted by atomic mass is 19.4. The molecule has 0 radical (unpaired) electrons. The number of nitrogens with one attached hydrogen (secondary N) is 1. The van der Waals surface area contributed by atoms with Crippen LogP contribution in [0.2, 0.25) is 0 Å². The Morgan fingerprint density at radius 2 is 1.81 bits per heavy atom. The van der Waals surface area contributed by atoms with Crippen LogP contribution in [0.4, 0.5) is 13.2 Å². The first-order valence-electron chi connectivity index (χ1n) is 7.50. The lowest BCUT2D eigenvalue weighted by Crippen LogP contribution is -2.32. The Morgan fingerprint density at radius 1 is 1.19 bits per heavy atom. The van der Waals surface area contributed by atoms with Gasteiger partial charge in [0.05, 0.1) is 0 Å². The summed E-state index contributed by atoms with van der Waals surface area (Å²) in [5.41, 5.74) is 1.04. The molecule has 0 bridgehead atoms. The molecule has 2 nitrogen and oxygen atoms in total. The smallest absolute Gasteiger partial charge is 0.406 e. The standard InChI is InChI=1S/C16H22F3NO/c1-20-15(13-4-2-3-5-13)11-8-12-6-9-14(10-7-12)21-16(17,18)19/h6-7,9-10,13,15,20H,2-5,8,11H2,1H3. The van der Waals surface area contributed by atoms with Gasteiger partial charge < -0.3 is 10.1 Å². The van der Waals surface area contributed by atoms with Crippen LogP contribution in [-0.2, 0) is 6.42 Å². The van der Waals surface area contributed by atoms with Crippen LogP contribution in [0.25, 0.3) is 0 Å². The van der Waals surface area contributed by atoms with Gasteiger partial charge in [0.2, 0.25) is 0 Å². The summed E-state index contributed by atoms with van der Waals surface area (Å²) in [6, 6.07) is 6.68. The SMILES string of the molecule is CNC(CCc1ccc(OC(F)(F)F)cc1)C1CCCC1. The molecule has 1 saturated carbocycles. The Balaban J connectivity index is 1.85. The molecule has 5 heteroatoms. The van der Waals surface area contributed by atoms with E-state index in [2.05, 4.69) is 10.1 Å². The Morgan fingerprint density at radius 3 is 2.33 bits per heavy atom. The Bertz CT molecular complexity index is 424. The van der Waals surface area contributed by atoms with E-state index in [-0.39, 0.29) is 5.75 Å². The molecule has 1 fully saturated rings. The predicted molar refractivity (Wildman–Crippen MR) is 76.3 cm³/mol. The molecule has 1 atom stereocenters. The number of ether oxygens (including phenoxy) is 1. The minimum atomic E-state index is -4.62. The Kier molecular flexibility index (Phi) is 5.51. The summed E-state index contributed by atoms with van der Waals surface area (Å²) in [5.74, 6) is 0.579. The highest BCUT2D eigenvalue weighted by Gasteiger charge is 2.31. The van der Waals surface area contributed by atoms with E-state index in [9.17, 15) is 13.2 Å². The van der Waals surface area contributed by atoms with Crippen molar-refractivity contribution < 1.29 is 17.9 Å². The maximum Gasteiger partial charge on any atom is 0.573 e. The third-order valence-electron chi connectivity index (χ3n) is 4.24. The average Bonchev–Trinajstić information content (AvgIpc) is 2.94. The van der Waals surface area contributed by atoms with E-state index in [1.165, 1.54) is 37.8 Å². The van der Waals surface area contributed by atoms with Crippen LogP contribution in [0.15, 0.2) is 24.3 Å². The molecule has 0 amide bonds. The van der Waals surface area contributed by atoms with Gasteiger partial charge in [-0.15, -0.1) is 13.2 Å². The van der Waals surface area contributed by atoms with Crippen LogP contribution in [0.3, 0.4) is 0 Å². The lowest BCUT2D eigenvalue weighted by atomic mass is 9.92. The molecule has 0 aliphatic heterocycles. The van der Waals surface area contributed by atoms with Gasteiger partial charge in [-0.05, 0) is 56.3 Å². The van der Waals surface area contributed by atoms with Crippen molar-refractivity contribution in [1.29, 1.82) is 0 Å². The van der Waals surface area contributed by atoms with E-state index in [1.54, 1.807) is 12.1 Å². The minimum Gasteiger partial charge on any atom is -0.406 e. The van der Waals surface area contributed by atoms with Gasteiger partial charge in [-0.25, -0.2) is 0 Å². The number of aryl methyl sites for hydroxylation is 1. The summed E-state index contributed by atoms with van der Waals surface area (Å²) in [6.07, 6.45) is 2.45. The molecule has 1 aromatic carbocycles. The zero-order valence-corrected chi connectivity index (χ0v) is 12.2. The van der Waals surface area contributed by atoms with Crippen LogP contribution < -0.4 is 10.1 Å². The number of rotatable bonds is 6. The van der Waals surface area contributed by atoms with E-state index >= 15 is 0 Å². The lowest BCUT2D eigenvalue weighted by Gasteiger charge is -2.22. The monoisotopic (exact) mass is 301 g/mol. The van der Waals surface area contributed by atoms with Gasteiger partial charge in [-0.1, -0.05) is 25.0 Å². The largest absolute Gasteiger partial charge is 0.573 e. The topological polar surface area (TPSA) is 21.3 Å². The second kappa shape index (κ2) is 7.16. The van der Waals surface area contributed by atoms with Gasteiger partial charge in [0.25, 0.3) is 0 Å². The second-order valence-electron chi connectivity index (χ2n) is 5.67. The molecular formula is C16H22F3NO. The van der Waals surface area contributed by atoms with E-state index in [4.69, 9.17) is 0 Å². The molecule has 0 aromatic heterocycles. The second-order valence-corrected chi connectivity index (χ2v) is 5.67. The Labute approximate surface area is 123 Å². The van der Waals surface area contributed by atoms with Crippen LogP contribution in [0.5, 0.6) is 5.75 Å². The first-order valence-corrected chi connectivity index (χ1v) is 7.50. The van der Waals surface area contributed by atoms with Crippen molar-refractivity contribution in [3.63, 3.8) is 0 Å². The quantitative estimate of drug-likeness (QED) is 0.846. The average molecular weight is 301 g/mol. The summed E-state index contributed by atoms with van der Waals surface area (Å²) in [4.78, 5) is 0. The van der Waals surface area contributed by atoms with Crippen LogP contribution in [0, 0.1) is 5.92 Å². The van der Waals surface area contributed by atoms with Crippen LogP contribution >= 0.6 is 0 Å². The van der Waals surface area contributed by atoms with E-state index in [1.807, 2.05) is 7.05 Å². The highest BCUT2D eigenvalue weighted by molar-refractivity contribution is 5.27. The maximum absolute atomic E-state index is 12.1. The number of hydrogen-bond donors (Lipinski definition) is 1. The molecule has 1 aromatic rings. The predicted octanol–water partition coefficient (Wildman–Crippen LogP) is 4.30. The first-order chi connectivity index (χ1) is 9.98. The fourth-order valence-electron chi connectivity index (χ4n) is 3.16. The summed E-state index contributed by atoms with van der Waals surface area (Å²) >= 11 is 0. The molecule has 1 aliphatic rings. The molecule has 118 valence electrons. The van der Waals surface area contributed by atoms with Gasteiger partial charge in [0.15, 0.2) is 0 Å². The van der Waals surface area contributed by atoms with Crippen molar-refractivity contribution >= 4 is 0 Å². The van der Waals surface area contributed by atoms with E-state index in [0.29, 0.717) is 6.04 Å². The fourth-order valence-corrected chi connectivity index (χ4v) is 3.16. The molecule has 1 unspecified atom stereocenters. The van der Waals surface area contributed by atoms with Crippen LogP contribution in [0.1, 0.15) is 37.7 Å². The van der Waals surface area contributed by atoms with Crippen molar-refractivity contribution in [2.75, 3.05) is 7.05 Å². The lowest BCUT2D eigenvalue weighted by molar-refractivity contribution is -0.274. The van der Waals surface area contributed by atoms with Gasteiger partial charge in [0.1, 0.15) is 5.75 Å². The van der Waals surface area contributed by atoms with Crippen molar-refractivity contribution in [3.05, 3.63) is 29.8 Å². The first kappa shape index (κ1) is 16.1. The number of alkyl halides is 3. The number of halogens is 3. The van der Waals surface area contributed by atoms with Gasteiger partial charge in [-0.3, -0.25) is 0 Å². The molecular weight excluding hydrogens is 279 g/mol. The third kappa shape index (κ3) is 5.23. The molecule has 0 spiro atoms. The molecule has 0 heterocycles. The van der Waals surface area contributed by atoms with Crippen molar-refractivity contribution in [2.45, 2.75) is 50.9 Å². The third-order valence-corrected chi connectivity index (χ3v) is 4.24. The summed E-state index contributed by atoms with van der Waals surface area (Å²) in [5, 5.41) is 3.38. The highest BCUT2D eigenvalue weighted by Crippen LogP contribution is 2.29. The normalized spacial score (nSPS) is 17.9.